The van der Waals surface area contributed by atoms with Gasteiger partial charge in [0, 0.05) is 12.7 Å². The molecule has 2 atom stereocenters. The minimum absolute atomic E-state index is 0.121. The minimum atomic E-state index is -0.439. The first kappa shape index (κ1) is 12.1. The van der Waals surface area contributed by atoms with E-state index in [1.165, 1.54) is 0 Å². The zero-order valence-electron chi connectivity index (χ0n) is 10.6. The SMILES string of the molecule is CCC(C)C(O)c1ccc2c(c1)CC(=O)N2C. The van der Waals surface area contributed by atoms with Crippen LogP contribution >= 0.6 is 0 Å². The van der Waals surface area contributed by atoms with Crippen LogP contribution in [0.5, 0.6) is 0 Å². The molecular weight excluding hydrogens is 214 g/mol. The summed E-state index contributed by atoms with van der Waals surface area (Å²) in [6.07, 6.45) is 0.954. The number of hydrogen-bond acceptors (Lipinski definition) is 2. The molecule has 2 unspecified atom stereocenters. The van der Waals surface area contributed by atoms with Crippen molar-refractivity contribution in [1.82, 2.24) is 0 Å². The van der Waals surface area contributed by atoms with E-state index in [4.69, 9.17) is 0 Å². The molecule has 1 aliphatic heterocycles. The molecule has 92 valence electrons. The van der Waals surface area contributed by atoms with Crippen molar-refractivity contribution in [3.8, 4) is 0 Å². The second kappa shape index (κ2) is 4.49. The number of likely N-dealkylation sites (N-methyl/N-ethyl adjacent to an activating group) is 1. The molecule has 0 spiro atoms. The van der Waals surface area contributed by atoms with Crippen LogP contribution in [0.15, 0.2) is 18.2 Å². The highest BCUT2D eigenvalue weighted by Crippen LogP contribution is 2.32. The Labute approximate surface area is 102 Å². The molecule has 0 aromatic heterocycles. The van der Waals surface area contributed by atoms with Crippen molar-refractivity contribution in [2.75, 3.05) is 11.9 Å². The second-order valence-electron chi connectivity index (χ2n) is 4.85. The van der Waals surface area contributed by atoms with E-state index in [9.17, 15) is 9.90 Å². The summed E-state index contributed by atoms with van der Waals surface area (Å²) >= 11 is 0. The molecule has 1 aromatic carbocycles. The number of aliphatic hydroxyl groups excluding tert-OH is 1. The van der Waals surface area contributed by atoms with Gasteiger partial charge in [-0.1, -0.05) is 32.4 Å². The van der Waals surface area contributed by atoms with Gasteiger partial charge in [-0.25, -0.2) is 0 Å². The Hall–Kier alpha value is -1.35. The Kier molecular flexibility index (Phi) is 3.20. The average molecular weight is 233 g/mol. The van der Waals surface area contributed by atoms with Crippen LogP contribution in [0.1, 0.15) is 37.5 Å². The standard InChI is InChI=1S/C14H19NO2/c1-4-9(2)14(17)10-5-6-12-11(7-10)8-13(16)15(12)3/h5-7,9,14,17H,4,8H2,1-3H3. The van der Waals surface area contributed by atoms with Crippen LogP contribution in [0.25, 0.3) is 0 Å². The third kappa shape index (κ3) is 2.07. The normalized spacial score (nSPS) is 18.1. The fourth-order valence-electron chi connectivity index (χ4n) is 2.23. The summed E-state index contributed by atoms with van der Waals surface area (Å²) in [4.78, 5) is 13.2. The molecule has 1 amide bonds. The van der Waals surface area contributed by atoms with Crippen molar-refractivity contribution in [1.29, 1.82) is 0 Å². The number of carbonyl (C=O) groups is 1. The van der Waals surface area contributed by atoms with Crippen molar-refractivity contribution >= 4 is 11.6 Å². The smallest absolute Gasteiger partial charge is 0.231 e. The molecule has 1 N–H and O–H groups in total. The maximum absolute atomic E-state index is 11.6. The van der Waals surface area contributed by atoms with Crippen molar-refractivity contribution in [2.45, 2.75) is 32.8 Å². The Morgan fingerprint density at radius 1 is 1.47 bits per heavy atom. The van der Waals surface area contributed by atoms with Crippen molar-refractivity contribution < 1.29 is 9.90 Å². The fourth-order valence-corrected chi connectivity index (χ4v) is 2.23. The number of fused-ring (bicyclic) bond motifs is 1. The Balaban J connectivity index is 2.30. The van der Waals surface area contributed by atoms with E-state index < -0.39 is 6.10 Å². The van der Waals surface area contributed by atoms with Crippen LogP contribution in [0.4, 0.5) is 5.69 Å². The lowest BCUT2D eigenvalue weighted by Crippen LogP contribution is -2.20. The molecule has 0 radical (unpaired) electrons. The number of carbonyl (C=O) groups excluding carboxylic acids is 1. The molecule has 0 saturated carbocycles. The first-order valence-corrected chi connectivity index (χ1v) is 6.12. The van der Waals surface area contributed by atoms with Gasteiger partial charge in [0.05, 0.1) is 12.5 Å². The predicted octanol–water partition coefficient (Wildman–Crippen LogP) is 2.29. The number of hydrogen-bond donors (Lipinski definition) is 1. The van der Waals surface area contributed by atoms with Crippen molar-refractivity contribution in [3.05, 3.63) is 29.3 Å². The van der Waals surface area contributed by atoms with E-state index in [-0.39, 0.29) is 11.8 Å². The van der Waals surface area contributed by atoms with E-state index in [1.807, 2.05) is 25.1 Å². The van der Waals surface area contributed by atoms with Gasteiger partial charge in [0.1, 0.15) is 0 Å². The van der Waals surface area contributed by atoms with Gasteiger partial charge in [0.2, 0.25) is 5.91 Å². The molecule has 3 heteroatoms. The molecule has 0 fully saturated rings. The zero-order chi connectivity index (χ0) is 12.6. The Morgan fingerprint density at radius 3 is 2.82 bits per heavy atom. The number of aliphatic hydroxyl groups is 1. The van der Waals surface area contributed by atoms with Crippen molar-refractivity contribution in [2.24, 2.45) is 5.92 Å². The van der Waals surface area contributed by atoms with Crippen LogP contribution in [0.2, 0.25) is 0 Å². The summed E-state index contributed by atoms with van der Waals surface area (Å²) in [5, 5.41) is 10.2. The molecular formula is C14H19NO2. The second-order valence-corrected chi connectivity index (χ2v) is 4.85. The van der Waals surface area contributed by atoms with Gasteiger partial charge >= 0.3 is 0 Å². The van der Waals surface area contributed by atoms with Crippen LogP contribution in [0.3, 0.4) is 0 Å². The summed E-state index contributed by atoms with van der Waals surface area (Å²) < 4.78 is 0. The predicted molar refractivity (Wildman–Crippen MR) is 68.0 cm³/mol. The molecule has 1 heterocycles. The third-order valence-corrected chi connectivity index (χ3v) is 3.71. The van der Waals surface area contributed by atoms with Gasteiger partial charge in [-0.05, 0) is 23.1 Å². The number of rotatable bonds is 3. The summed E-state index contributed by atoms with van der Waals surface area (Å²) in [6, 6.07) is 5.82. The molecule has 1 aromatic rings. The van der Waals surface area contributed by atoms with Crippen LogP contribution < -0.4 is 4.90 Å². The van der Waals surface area contributed by atoms with Crippen LogP contribution in [-0.4, -0.2) is 18.1 Å². The molecule has 1 aliphatic rings. The minimum Gasteiger partial charge on any atom is -0.388 e. The molecule has 0 aliphatic carbocycles. The number of anilines is 1. The monoisotopic (exact) mass is 233 g/mol. The van der Waals surface area contributed by atoms with Crippen LogP contribution in [-0.2, 0) is 11.2 Å². The molecule has 0 bridgehead atoms. The first-order valence-electron chi connectivity index (χ1n) is 6.12. The molecule has 3 nitrogen and oxygen atoms in total. The van der Waals surface area contributed by atoms with Gasteiger partial charge in [0.25, 0.3) is 0 Å². The number of benzene rings is 1. The van der Waals surface area contributed by atoms with E-state index in [0.29, 0.717) is 6.42 Å². The zero-order valence-corrected chi connectivity index (χ0v) is 10.6. The highest BCUT2D eigenvalue weighted by Gasteiger charge is 2.25. The summed E-state index contributed by atoms with van der Waals surface area (Å²) in [7, 11) is 1.79. The highest BCUT2D eigenvalue weighted by molar-refractivity contribution is 6.00. The van der Waals surface area contributed by atoms with Gasteiger partial charge < -0.3 is 10.0 Å². The number of amides is 1. The lowest BCUT2D eigenvalue weighted by atomic mass is 9.94. The average Bonchev–Trinajstić information content (AvgIpc) is 2.62. The van der Waals surface area contributed by atoms with Gasteiger partial charge in [-0.3, -0.25) is 4.79 Å². The molecule has 17 heavy (non-hydrogen) atoms. The maximum Gasteiger partial charge on any atom is 0.231 e. The summed E-state index contributed by atoms with van der Waals surface area (Å²) in [6.45, 7) is 4.10. The van der Waals surface area contributed by atoms with E-state index in [1.54, 1.807) is 11.9 Å². The van der Waals surface area contributed by atoms with Gasteiger partial charge in [-0.2, -0.15) is 0 Å². The first-order chi connectivity index (χ1) is 8.04. The van der Waals surface area contributed by atoms with E-state index >= 15 is 0 Å². The van der Waals surface area contributed by atoms with Gasteiger partial charge in [0.15, 0.2) is 0 Å². The van der Waals surface area contributed by atoms with Crippen LogP contribution in [0, 0.1) is 5.92 Å². The third-order valence-electron chi connectivity index (χ3n) is 3.71. The Morgan fingerprint density at radius 2 is 2.18 bits per heavy atom. The fraction of sp³-hybridized carbons (Fsp3) is 0.500. The largest absolute Gasteiger partial charge is 0.388 e. The summed E-state index contributed by atoms with van der Waals surface area (Å²) in [5.74, 6) is 0.359. The maximum atomic E-state index is 11.6. The lowest BCUT2D eigenvalue weighted by Gasteiger charge is -2.18. The number of nitrogens with zero attached hydrogens (tertiary/aromatic N) is 1. The quantitative estimate of drug-likeness (QED) is 0.870. The van der Waals surface area contributed by atoms with Gasteiger partial charge in [-0.15, -0.1) is 0 Å². The highest BCUT2D eigenvalue weighted by atomic mass is 16.3. The molecule has 2 rings (SSSR count). The Bertz CT molecular complexity index is 442. The van der Waals surface area contributed by atoms with E-state index in [2.05, 4.69) is 6.92 Å². The molecule has 0 saturated heterocycles. The van der Waals surface area contributed by atoms with Crippen molar-refractivity contribution in [3.63, 3.8) is 0 Å². The lowest BCUT2D eigenvalue weighted by molar-refractivity contribution is -0.117. The topological polar surface area (TPSA) is 40.5 Å². The summed E-state index contributed by atoms with van der Waals surface area (Å²) in [5.41, 5.74) is 2.91. The van der Waals surface area contributed by atoms with E-state index in [0.717, 1.165) is 23.2 Å².